The lowest BCUT2D eigenvalue weighted by atomic mass is 10.2. The average Bonchev–Trinajstić information content (AvgIpc) is 2.86. The Hall–Kier alpha value is -4.11. The molecule has 0 saturated carbocycles. The third-order valence-corrected chi connectivity index (χ3v) is 4.13. The van der Waals surface area contributed by atoms with E-state index in [9.17, 15) is 15.3 Å². The summed E-state index contributed by atoms with van der Waals surface area (Å²) in [6.45, 7) is 1.69. The maximum atomic E-state index is 13.0. The van der Waals surface area contributed by atoms with Crippen molar-refractivity contribution < 1.29 is 0 Å². The molecule has 0 aliphatic rings. The number of aromatic nitrogens is 4. The number of hydrogen-bond donors (Lipinski definition) is 2. The molecule has 0 atom stereocenters. The zero-order valence-electron chi connectivity index (χ0n) is 14.1. The molecule has 1 aromatic carbocycles. The molecule has 0 aliphatic carbocycles. The third kappa shape index (κ3) is 2.27. The van der Waals surface area contributed by atoms with Crippen LogP contribution in [0, 0.1) is 35.0 Å². The lowest BCUT2D eigenvalue weighted by Gasteiger charge is -2.08. The summed E-state index contributed by atoms with van der Waals surface area (Å²) >= 11 is 0. The number of nitrogen functional groups attached to an aromatic ring is 1. The quantitative estimate of drug-likeness (QED) is 0.693. The van der Waals surface area contributed by atoms with E-state index in [2.05, 4.69) is 5.10 Å². The van der Waals surface area contributed by atoms with Crippen LogP contribution >= 0.6 is 0 Å². The summed E-state index contributed by atoms with van der Waals surface area (Å²) in [6, 6.07) is 12.6. The molecule has 9 nitrogen and oxygen atoms in total. The highest BCUT2D eigenvalue weighted by Crippen LogP contribution is 2.15. The number of nitrogens with two attached hydrogens (primary N) is 1. The molecule has 2 heterocycles. The van der Waals surface area contributed by atoms with Crippen LogP contribution < -0.4 is 16.8 Å². The molecule has 128 valence electrons. The summed E-state index contributed by atoms with van der Waals surface area (Å²) < 4.78 is 4.04. The van der Waals surface area contributed by atoms with Crippen LogP contribution in [0.3, 0.4) is 0 Å². The van der Waals surface area contributed by atoms with Gasteiger partial charge in [-0.05, 0) is 19.1 Å². The van der Waals surface area contributed by atoms with Gasteiger partial charge in [0.05, 0.1) is 17.1 Å². The SMILES string of the molecule is Cc1c(-n2nc(C#N)c(N)c(C#N)c2=N)c(=O)n(-c2ccccc2)n1C. The average molecular weight is 346 g/mol. The first-order chi connectivity index (χ1) is 12.4. The molecule has 0 bridgehead atoms. The van der Waals surface area contributed by atoms with Gasteiger partial charge in [0, 0.05) is 7.05 Å². The van der Waals surface area contributed by atoms with E-state index in [1.807, 2.05) is 6.07 Å². The van der Waals surface area contributed by atoms with Crippen LogP contribution in [0.15, 0.2) is 35.1 Å². The Kier molecular flexibility index (Phi) is 3.91. The van der Waals surface area contributed by atoms with Crippen LogP contribution in [0.25, 0.3) is 11.4 Å². The van der Waals surface area contributed by atoms with Crippen molar-refractivity contribution in [2.45, 2.75) is 6.92 Å². The fourth-order valence-corrected chi connectivity index (χ4v) is 2.71. The van der Waals surface area contributed by atoms with Crippen molar-refractivity contribution >= 4 is 5.69 Å². The lowest BCUT2D eigenvalue weighted by molar-refractivity contribution is 0.630. The molecule has 3 aromatic rings. The Balaban J connectivity index is 2.42. The predicted molar refractivity (Wildman–Crippen MR) is 92.6 cm³/mol. The summed E-state index contributed by atoms with van der Waals surface area (Å²) in [4.78, 5) is 13.0. The van der Waals surface area contributed by atoms with Crippen molar-refractivity contribution in [3.8, 4) is 23.5 Å². The first kappa shape index (κ1) is 16.7. The molecule has 9 heteroatoms. The van der Waals surface area contributed by atoms with Gasteiger partial charge in [0.2, 0.25) is 0 Å². The number of anilines is 1. The van der Waals surface area contributed by atoms with Gasteiger partial charge < -0.3 is 5.73 Å². The second-order valence-electron chi connectivity index (χ2n) is 5.53. The van der Waals surface area contributed by atoms with Crippen LogP contribution in [0.1, 0.15) is 17.0 Å². The highest BCUT2D eigenvalue weighted by molar-refractivity contribution is 5.60. The van der Waals surface area contributed by atoms with E-state index in [1.165, 1.54) is 4.68 Å². The fourth-order valence-electron chi connectivity index (χ4n) is 2.71. The van der Waals surface area contributed by atoms with Gasteiger partial charge in [-0.3, -0.25) is 14.9 Å². The van der Waals surface area contributed by atoms with E-state index >= 15 is 0 Å². The van der Waals surface area contributed by atoms with Crippen LogP contribution in [-0.2, 0) is 7.05 Å². The number of nitrogens with one attached hydrogen (secondary N) is 1. The van der Waals surface area contributed by atoms with Crippen LogP contribution in [-0.4, -0.2) is 19.1 Å². The van der Waals surface area contributed by atoms with Crippen LogP contribution in [0.4, 0.5) is 5.69 Å². The number of para-hydroxylation sites is 1. The van der Waals surface area contributed by atoms with Gasteiger partial charge in [-0.25, -0.2) is 9.36 Å². The molecule has 0 unspecified atom stereocenters. The molecule has 26 heavy (non-hydrogen) atoms. The summed E-state index contributed by atoms with van der Waals surface area (Å²) in [5.74, 6) is 0. The molecule has 3 N–H and O–H groups in total. The van der Waals surface area contributed by atoms with Crippen LogP contribution in [0.2, 0.25) is 0 Å². The minimum Gasteiger partial charge on any atom is -0.395 e. The highest BCUT2D eigenvalue weighted by Gasteiger charge is 2.22. The van der Waals surface area contributed by atoms with Gasteiger partial charge in [-0.1, -0.05) is 18.2 Å². The van der Waals surface area contributed by atoms with Crippen molar-refractivity contribution in [1.82, 2.24) is 19.1 Å². The fraction of sp³-hybridized carbons (Fsp3) is 0.118. The molecule has 0 spiro atoms. The minimum absolute atomic E-state index is 0.0781. The molecular formula is C17H14N8O. The Morgan fingerprint density at radius 2 is 1.85 bits per heavy atom. The van der Waals surface area contributed by atoms with E-state index in [1.54, 1.807) is 55.1 Å². The Bertz CT molecular complexity index is 1220. The van der Waals surface area contributed by atoms with Crippen molar-refractivity contribution in [2.24, 2.45) is 7.05 Å². The summed E-state index contributed by atoms with van der Waals surface area (Å²) in [5.41, 5.74) is 5.58. The topological polar surface area (TPSA) is 142 Å². The summed E-state index contributed by atoms with van der Waals surface area (Å²) in [5, 5.41) is 30.7. The van der Waals surface area contributed by atoms with Crippen molar-refractivity contribution in [3.63, 3.8) is 0 Å². The Morgan fingerprint density at radius 1 is 1.19 bits per heavy atom. The first-order valence-electron chi connectivity index (χ1n) is 7.54. The second kappa shape index (κ2) is 6.07. The van der Waals surface area contributed by atoms with Crippen molar-refractivity contribution in [2.75, 3.05) is 5.73 Å². The normalized spacial score (nSPS) is 10.3. The van der Waals surface area contributed by atoms with Gasteiger partial charge in [0.25, 0.3) is 5.56 Å². The Labute approximate surface area is 147 Å². The molecular weight excluding hydrogens is 332 g/mol. The minimum atomic E-state index is -0.431. The molecule has 2 aromatic heterocycles. The largest absolute Gasteiger partial charge is 0.395 e. The highest BCUT2D eigenvalue weighted by atomic mass is 16.1. The number of hydrogen-bond acceptors (Lipinski definition) is 6. The van der Waals surface area contributed by atoms with Gasteiger partial charge in [-0.2, -0.15) is 15.6 Å². The van der Waals surface area contributed by atoms with Crippen LogP contribution in [0.5, 0.6) is 0 Å². The molecule has 0 saturated heterocycles. The number of nitrogens with zero attached hydrogens (tertiary/aromatic N) is 6. The van der Waals surface area contributed by atoms with Gasteiger partial charge in [0.15, 0.2) is 16.9 Å². The molecule has 3 rings (SSSR count). The van der Waals surface area contributed by atoms with Gasteiger partial charge in [-0.15, -0.1) is 0 Å². The van der Waals surface area contributed by atoms with E-state index in [0.29, 0.717) is 11.4 Å². The van der Waals surface area contributed by atoms with E-state index in [4.69, 9.17) is 11.1 Å². The number of benzene rings is 1. The smallest absolute Gasteiger partial charge is 0.297 e. The summed E-state index contributed by atoms with van der Waals surface area (Å²) in [7, 11) is 1.70. The molecule has 0 amide bonds. The van der Waals surface area contributed by atoms with Gasteiger partial charge in [0.1, 0.15) is 17.7 Å². The maximum Gasteiger partial charge on any atom is 0.297 e. The van der Waals surface area contributed by atoms with Crippen molar-refractivity contribution in [3.05, 3.63) is 63.1 Å². The van der Waals surface area contributed by atoms with Crippen molar-refractivity contribution in [1.29, 1.82) is 15.9 Å². The zero-order chi connectivity index (χ0) is 19.0. The van der Waals surface area contributed by atoms with E-state index in [0.717, 1.165) is 4.68 Å². The van der Waals surface area contributed by atoms with E-state index < -0.39 is 5.56 Å². The lowest BCUT2D eigenvalue weighted by Crippen LogP contribution is -2.31. The van der Waals surface area contributed by atoms with Gasteiger partial charge >= 0.3 is 0 Å². The zero-order valence-corrected chi connectivity index (χ0v) is 14.1. The third-order valence-electron chi connectivity index (χ3n) is 4.13. The number of rotatable bonds is 2. The maximum absolute atomic E-state index is 13.0. The first-order valence-corrected chi connectivity index (χ1v) is 7.54. The molecule has 0 aliphatic heterocycles. The molecule has 0 fully saturated rings. The predicted octanol–water partition coefficient (Wildman–Crippen LogP) is 0.475. The summed E-state index contributed by atoms with van der Waals surface area (Å²) in [6.07, 6.45) is 0. The number of nitriles is 2. The molecule has 0 radical (unpaired) electrons. The monoisotopic (exact) mass is 346 g/mol. The second-order valence-corrected chi connectivity index (χ2v) is 5.53. The standard InChI is InChI=1S/C17H14N8O/c1-10-15(17(26)25(23(10)2)11-6-4-3-5-7-11)24-16(21)12(8-18)14(20)13(9-19)22-24/h3-7,21H,20H2,1-2H3. The Morgan fingerprint density at radius 3 is 2.42 bits per heavy atom. The van der Waals surface area contributed by atoms with E-state index in [-0.39, 0.29) is 28.1 Å².